The van der Waals surface area contributed by atoms with E-state index < -0.39 is 17.7 Å². The highest BCUT2D eigenvalue weighted by atomic mass is 16.6. The minimum absolute atomic E-state index is 0.147. The Hall–Kier alpha value is -2.12. The first kappa shape index (κ1) is 43.0. The van der Waals surface area contributed by atoms with Crippen LogP contribution in [0.2, 0.25) is 0 Å². The molecule has 1 aromatic carbocycles. The highest BCUT2D eigenvalue weighted by Crippen LogP contribution is 2.18. The number of carbonyl (C=O) groups excluding carboxylic acids is 2. The Balaban J connectivity index is 1.95. The quantitative estimate of drug-likeness (QED) is 0.215. The Labute approximate surface area is 297 Å². The summed E-state index contributed by atoms with van der Waals surface area (Å²) in [5.74, 6) is -0.646. The third-order valence-electron chi connectivity index (χ3n) is 7.71. The minimum atomic E-state index is -0.693. The van der Waals surface area contributed by atoms with E-state index in [9.17, 15) is 14.7 Å². The highest BCUT2D eigenvalue weighted by molar-refractivity contribution is 5.72. The molecular weight excluding hydrogens is 624 g/mol. The second-order valence-corrected chi connectivity index (χ2v) is 16.8. The largest absolute Gasteiger partial charge is 0.459 e. The third kappa shape index (κ3) is 22.3. The molecule has 1 unspecified atom stereocenters. The number of carbonyl (C=O) groups is 2. The number of aliphatic hydroxyl groups is 1. The molecule has 1 N–H and O–H groups in total. The first-order valence-corrected chi connectivity index (χ1v) is 18.0. The number of benzene rings is 1. The van der Waals surface area contributed by atoms with Crippen molar-refractivity contribution in [2.75, 3.05) is 105 Å². The first-order chi connectivity index (χ1) is 22.9. The number of ether oxygens (including phenoxy) is 4. The van der Waals surface area contributed by atoms with Crippen LogP contribution in [0.3, 0.4) is 0 Å². The summed E-state index contributed by atoms with van der Waals surface area (Å²) >= 11 is 0. The summed E-state index contributed by atoms with van der Waals surface area (Å²) in [5, 5.41) is 11.0. The molecule has 1 aromatic rings. The molecule has 1 aliphatic rings. The van der Waals surface area contributed by atoms with Crippen LogP contribution in [-0.4, -0.2) is 153 Å². The smallest absolute Gasteiger partial charge is 0.332 e. The van der Waals surface area contributed by atoms with Gasteiger partial charge in [0.25, 0.3) is 0 Å². The molecule has 0 radical (unpaired) electrons. The average Bonchev–Trinajstić information content (AvgIpc) is 2.97. The molecule has 11 nitrogen and oxygen atoms in total. The maximum atomic E-state index is 12.9. The van der Waals surface area contributed by atoms with Crippen LogP contribution in [0.5, 0.6) is 0 Å². The lowest BCUT2D eigenvalue weighted by atomic mass is 9.95. The monoisotopic (exact) mass is 693 g/mol. The van der Waals surface area contributed by atoms with Crippen molar-refractivity contribution in [3.8, 4) is 0 Å². The molecule has 11 heteroatoms. The molecule has 0 amide bonds. The van der Waals surface area contributed by atoms with Gasteiger partial charge in [-0.3, -0.25) is 14.6 Å². The molecule has 1 fully saturated rings. The zero-order valence-electron chi connectivity index (χ0n) is 32.2. The second kappa shape index (κ2) is 21.3. The number of hydrogen-bond donors (Lipinski definition) is 1. The summed E-state index contributed by atoms with van der Waals surface area (Å²) in [5.41, 5.74) is 0.711. The summed E-state index contributed by atoms with van der Waals surface area (Å²) in [6, 6.07) is 9.51. The fraction of sp³-hybridized carbons (Fsp3) is 0.789. The lowest BCUT2D eigenvalue weighted by molar-refractivity contribution is -0.156. The normalized spacial score (nSPS) is 18.0. The number of aliphatic hydroxyl groups excluding tert-OH is 1. The molecule has 1 saturated heterocycles. The van der Waals surface area contributed by atoms with E-state index in [0.717, 1.165) is 57.9 Å². The zero-order chi connectivity index (χ0) is 36.5. The Morgan fingerprint density at radius 1 is 0.694 bits per heavy atom. The first-order valence-electron chi connectivity index (χ1n) is 18.0. The zero-order valence-corrected chi connectivity index (χ0v) is 32.2. The molecule has 0 aromatic heterocycles. The maximum absolute atomic E-state index is 12.9. The van der Waals surface area contributed by atoms with Gasteiger partial charge in [0.05, 0.1) is 32.5 Å². The summed E-state index contributed by atoms with van der Waals surface area (Å²) in [7, 11) is 0. The van der Waals surface area contributed by atoms with Crippen LogP contribution in [0, 0.1) is 10.8 Å². The van der Waals surface area contributed by atoms with Crippen molar-refractivity contribution in [2.45, 2.75) is 80.6 Å². The van der Waals surface area contributed by atoms with E-state index in [4.69, 9.17) is 18.9 Å². The van der Waals surface area contributed by atoms with Gasteiger partial charge in [0.15, 0.2) is 0 Å². The maximum Gasteiger partial charge on any atom is 0.332 e. The van der Waals surface area contributed by atoms with E-state index in [-0.39, 0.29) is 56.4 Å². The Bertz CT molecular complexity index is 1070. The third-order valence-corrected chi connectivity index (χ3v) is 7.71. The van der Waals surface area contributed by atoms with Crippen LogP contribution in [0.1, 0.15) is 67.9 Å². The van der Waals surface area contributed by atoms with Crippen LogP contribution >= 0.6 is 0 Å². The van der Waals surface area contributed by atoms with E-state index in [1.54, 1.807) is 0 Å². The van der Waals surface area contributed by atoms with Crippen molar-refractivity contribution in [3.63, 3.8) is 0 Å². The van der Waals surface area contributed by atoms with E-state index in [1.807, 2.05) is 51.1 Å². The summed E-state index contributed by atoms with van der Waals surface area (Å²) in [4.78, 5) is 34.4. The number of rotatable bonds is 15. The number of nitrogens with zero attached hydrogens (tertiary/aromatic N) is 4. The van der Waals surface area contributed by atoms with Gasteiger partial charge in [-0.25, -0.2) is 4.79 Å². The summed E-state index contributed by atoms with van der Waals surface area (Å²) < 4.78 is 22.0. The molecule has 49 heavy (non-hydrogen) atoms. The van der Waals surface area contributed by atoms with Crippen LogP contribution < -0.4 is 0 Å². The van der Waals surface area contributed by atoms with E-state index in [1.165, 1.54) is 0 Å². The van der Waals surface area contributed by atoms with Gasteiger partial charge in [0.1, 0.15) is 18.8 Å². The summed E-state index contributed by atoms with van der Waals surface area (Å²) in [6.07, 6.45) is -0.693. The van der Waals surface area contributed by atoms with E-state index in [2.05, 4.69) is 61.1 Å². The van der Waals surface area contributed by atoms with Gasteiger partial charge in [0.2, 0.25) is 0 Å². The van der Waals surface area contributed by atoms with Gasteiger partial charge >= 0.3 is 11.9 Å². The molecule has 1 heterocycles. The van der Waals surface area contributed by atoms with Crippen molar-refractivity contribution in [1.29, 1.82) is 0 Å². The van der Waals surface area contributed by atoms with Crippen LogP contribution in [0.4, 0.5) is 0 Å². The molecule has 1 atom stereocenters. The SMILES string of the molecule is CC(C)(C)CN1CCN(CC(=O)OC(C)(C)C)CCN(CC(O)COCCOCC(=O)OCc2ccccc2)CCN(CC(C)(C)C)CC1. The molecule has 0 spiro atoms. The van der Waals surface area contributed by atoms with Crippen molar-refractivity contribution < 1.29 is 33.6 Å². The molecular formula is C38H68N4O7. The predicted octanol–water partition coefficient (Wildman–Crippen LogP) is 3.78. The predicted molar refractivity (Wildman–Crippen MR) is 194 cm³/mol. The lowest BCUT2D eigenvalue weighted by Crippen LogP contribution is -2.50. The van der Waals surface area contributed by atoms with Gasteiger partial charge in [-0.15, -0.1) is 0 Å². The van der Waals surface area contributed by atoms with Gasteiger partial charge in [-0.05, 0) is 37.2 Å². The lowest BCUT2D eigenvalue weighted by Gasteiger charge is -2.38. The van der Waals surface area contributed by atoms with E-state index in [0.29, 0.717) is 19.6 Å². The fourth-order valence-corrected chi connectivity index (χ4v) is 5.76. The molecule has 0 saturated carbocycles. The summed E-state index contributed by atoms with van der Waals surface area (Å²) in [6.45, 7) is 29.3. The standard InChI is InChI=1S/C38H68N4O7/c1-36(2,3)30-41-19-17-39(25-33(43)28-46-23-24-47-29-35(45)48-27-32-13-11-10-12-14-32)15-16-40(26-34(44)49-38(7,8)9)18-20-42(22-21-41)31-37(4,5)6/h10-14,33,43H,15-31H2,1-9H3. The molecule has 0 bridgehead atoms. The van der Waals surface area contributed by atoms with Crippen molar-refractivity contribution in [3.05, 3.63) is 35.9 Å². The van der Waals surface area contributed by atoms with Crippen molar-refractivity contribution in [2.24, 2.45) is 10.8 Å². The number of esters is 2. The fourth-order valence-electron chi connectivity index (χ4n) is 5.76. The average molecular weight is 693 g/mol. The van der Waals surface area contributed by atoms with E-state index >= 15 is 0 Å². The van der Waals surface area contributed by atoms with Gasteiger partial charge in [-0.1, -0.05) is 71.9 Å². The van der Waals surface area contributed by atoms with Gasteiger partial charge in [-0.2, -0.15) is 0 Å². The second-order valence-electron chi connectivity index (χ2n) is 16.8. The van der Waals surface area contributed by atoms with Crippen LogP contribution in [-0.2, 0) is 35.1 Å². The molecule has 1 aliphatic heterocycles. The molecule has 282 valence electrons. The number of hydrogen-bond acceptors (Lipinski definition) is 11. The highest BCUT2D eigenvalue weighted by Gasteiger charge is 2.25. The van der Waals surface area contributed by atoms with Crippen molar-refractivity contribution in [1.82, 2.24) is 19.6 Å². The Morgan fingerprint density at radius 3 is 1.69 bits per heavy atom. The topological polar surface area (TPSA) is 104 Å². The van der Waals surface area contributed by atoms with Crippen LogP contribution in [0.25, 0.3) is 0 Å². The van der Waals surface area contributed by atoms with Gasteiger partial charge < -0.3 is 33.9 Å². The number of β-amino-alcohol motifs (C(OH)–C–C–N with tert-alkyl or cyclic N) is 1. The van der Waals surface area contributed by atoms with Gasteiger partial charge in [0, 0.05) is 72.0 Å². The minimum Gasteiger partial charge on any atom is -0.459 e. The molecule has 0 aliphatic carbocycles. The Morgan fingerprint density at radius 2 is 1.18 bits per heavy atom. The molecule has 2 rings (SSSR count). The van der Waals surface area contributed by atoms with Crippen molar-refractivity contribution >= 4 is 11.9 Å². The Kier molecular flexibility index (Phi) is 18.7. The van der Waals surface area contributed by atoms with Crippen LogP contribution in [0.15, 0.2) is 30.3 Å².